The fourth-order valence-corrected chi connectivity index (χ4v) is 4.26. The minimum Gasteiger partial charge on any atom is -0.386 e. The number of hydrogen-bond acceptors (Lipinski definition) is 6. The van der Waals surface area contributed by atoms with Gasteiger partial charge >= 0.3 is 0 Å². The second-order valence-corrected chi connectivity index (χ2v) is 8.44. The Balaban J connectivity index is 1.90. The molecule has 0 bridgehead atoms. The number of halogens is 1. The van der Waals surface area contributed by atoms with Gasteiger partial charge in [0.25, 0.3) is 10.0 Å². The molecule has 0 aliphatic rings. The number of pyridine rings is 1. The second-order valence-electron chi connectivity index (χ2n) is 5.15. The summed E-state index contributed by atoms with van der Waals surface area (Å²) in [5, 5.41) is 8.53. The maximum atomic E-state index is 12.7. The van der Waals surface area contributed by atoms with Crippen LogP contribution in [0, 0.1) is 0 Å². The SMILES string of the molecule is CNc1c(C=[NH2+])cccc1NS(=O)(=O)c1ccc(-c2cnc(Cl)s2)nc1. The summed E-state index contributed by atoms with van der Waals surface area (Å²) < 4.78 is 28.3. The van der Waals surface area contributed by atoms with Gasteiger partial charge in [-0.3, -0.25) is 15.1 Å². The van der Waals surface area contributed by atoms with Gasteiger partial charge in [0.1, 0.15) is 4.90 Å². The fraction of sp³-hybridized carbons (Fsp3) is 0.0625. The molecule has 134 valence electrons. The second kappa shape index (κ2) is 7.40. The molecule has 26 heavy (non-hydrogen) atoms. The minimum absolute atomic E-state index is 0.0426. The zero-order valence-corrected chi connectivity index (χ0v) is 16.0. The van der Waals surface area contributed by atoms with E-state index in [1.54, 1.807) is 37.5 Å². The molecule has 0 aliphatic carbocycles. The van der Waals surface area contributed by atoms with Crippen LogP contribution >= 0.6 is 22.9 Å². The number of para-hydroxylation sites is 1. The summed E-state index contributed by atoms with van der Waals surface area (Å²) in [5.41, 5.74) is 2.26. The topological polar surface area (TPSA) is 110 Å². The lowest BCUT2D eigenvalue weighted by Gasteiger charge is -2.13. The molecule has 1 aromatic carbocycles. The van der Waals surface area contributed by atoms with E-state index in [9.17, 15) is 8.42 Å². The molecule has 0 atom stereocenters. The van der Waals surface area contributed by atoms with Crippen LogP contribution in [-0.2, 0) is 10.0 Å². The highest BCUT2D eigenvalue weighted by molar-refractivity contribution is 7.92. The number of nitrogens with zero attached hydrogens (tertiary/aromatic N) is 2. The van der Waals surface area contributed by atoms with E-state index in [0.717, 1.165) is 4.88 Å². The van der Waals surface area contributed by atoms with Gasteiger partial charge in [0, 0.05) is 19.4 Å². The zero-order valence-electron chi connectivity index (χ0n) is 13.6. The van der Waals surface area contributed by atoms with E-state index in [0.29, 0.717) is 27.1 Å². The molecule has 4 N–H and O–H groups in total. The summed E-state index contributed by atoms with van der Waals surface area (Å²) in [4.78, 5) is 8.95. The summed E-state index contributed by atoms with van der Waals surface area (Å²) in [6.07, 6.45) is 4.29. The molecule has 0 saturated carbocycles. The number of anilines is 2. The highest BCUT2D eigenvalue weighted by Gasteiger charge is 2.18. The Labute approximate surface area is 159 Å². The van der Waals surface area contributed by atoms with E-state index in [2.05, 4.69) is 20.0 Å². The Morgan fingerprint density at radius 2 is 2.00 bits per heavy atom. The summed E-state index contributed by atoms with van der Waals surface area (Å²) in [6, 6.07) is 8.24. The monoisotopic (exact) mass is 408 g/mol. The van der Waals surface area contributed by atoms with Gasteiger partial charge in [-0.15, -0.1) is 11.3 Å². The highest BCUT2D eigenvalue weighted by atomic mass is 35.5. The van der Waals surface area contributed by atoms with Gasteiger partial charge in [-0.05, 0) is 24.3 Å². The van der Waals surface area contributed by atoms with E-state index in [4.69, 9.17) is 17.0 Å². The Kier molecular flexibility index (Phi) is 5.21. The molecule has 0 amide bonds. The van der Waals surface area contributed by atoms with Gasteiger partial charge in [-0.2, -0.15) is 0 Å². The fourth-order valence-electron chi connectivity index (χ4n) is 2.33. The van der Waals surface area contributed by atoms with E-state index in [1.807, 2.05) is 0 Å². The smallest absolute Gasteiger partial charge is 0.263 e. The van der Waals surface area contributed by atoms with Crippen molar-refractivity contribution in [1.29, 1.82) is 0 Å². The Hall–Kier alpha value is -2.49. The van der Waals surface area contributed by atoms with Gasteiger partial charge in [0.05, 0.1) is 27.5 Å². The molecular formula is C16H15ClN5O2S2+. The van der Waals surface area contributed by atoms with Crippen LogP contribution in [-0.4, -0.2) is 31.6 Å². The van der Waals surface area contributed by atoms with Crippen molar-refractivity contribution in [2.45, 2.75) is 4.90 Å². The lowest BCUT2D eigenvalue weighted by Crippen LogP contribution is -2.30. The number of rotatable bonds is 6. The van der Waals surface area contributed by atoms with Crippen molar-refractivity contribution in [3.05, 3.63) is 52.8 Å². The quantitative estimate of drug-likeness (QED) is 0.539. The van der Waals surface area contributed by atoms with Crippen LogP contribution in [0.2, 0.25) is 4.47 Å². The van der Waals surface area contributed by atoms with E-state index in [-0.39, 0.29) is 4.90 Å². The van der Waals surface area contributed by atoms with Gasteiger partial charge in [-0.1, -0.05) is 17.7 Å². The number of sulfonamides is 1. The molecule has 3 aromatic rings. The summed E-state index contributed by atoms with van der Waals surface area (Å²) in [5.74, 6) is 0. The zero-order chi connectivity index (χ0) is 18.7. The average molecular weight is 409 g/mol. The Bertz CT molecular complexity index is 1050. The number of benzene rings is 1. The lowest BCUT2D eigenvalue weighted by atomic mass is 10.1. The molecule has 3 rings (SSSR count). The van der Waals surface area contributed by atoms with Crippen LogP contribution in [0.1, 0.15) is 5.56 Å². The average Bonchev–Trinajstić information content (AvgIpc) is 3.07. The van der Waals surface area contributed by atoms with Crippen LogP contribution in [0.3, 0.4) is 0 Å². The number of aromatic nitrogens is 2. The molecular weight excluding hydrogens is 394 g/mol. The lowest BCUT2D eigenvalue weighted by molar-refractivity contribution is -0.104. The van der Waals surface area contributed by atoms with E-state index in [1.165, 1.54) is 29.8 Å². The standard InChI is InChI=1S/C16H14ClN5O2S2/c1-19-15-10(7-18)3-2-4-13(15)22-26(23,24)11-5-6-12(20-8-11)14-9-21-16(17)25-14/h2-9,18-19,22H,1H3/p+1. The molecule has 2 aromatic heterocycles. The van der Waals surface area contributed by atoms with Crippen molar-refractivity contribution < 1.29 is 13.8 Å². The molecule has 2 heterocycles. The Morgan fingerprint density at radius 3 is 2.58 bits per heavy atom. The van der Waals surface area contributed by atoms with E-state index < -0.39 is 10.0 Å². The normalized spacial score (nSPS) is 11.2. The van der Waals surface area contributed by atoms with Gasteiger partial charge < -0.3 is 5.32 Å². The highest BCUT2D eigenvalue weighted by Crippen LogP contribution is 2.29. The van der Waals surface area contributed by atoms with Gasteiger partial charge in [0.15, 0.2) is 10.7 Å². The molecule has 0 spiro atoms. The van der Waals surface area contributed by atoms with Crippen molar-refractivity contribution in [2.75, 3.05) is 17.1 Å². The van der Waals surface area contributed by atoms with Crippen LogP contribution in [0.5, 0.6) is 0 Å². The van der Waals surface area contributed by atoms with Crippen LogP contribution < -0.4 is 15.4 Å². The molecule has 0 aliphatic heterocycles. The van der Waals surface area contributed by atoms with Crippen molar-refractivity contribution in [3.63, 3.8) is 0 Å². The third kappa shape index (κ3) is 3.69. The summed E-state index contributed by atoms with van der Waals surface area (Å²) in [6.45, 7) is 0. The minimum atomic E-state index is -3.81. The molecule has 0 unspecified atom stereocenters. The summed E-state index contributed by atoms with van der Waals surface area (Å²) >= 11 is 7.08. The molecule has 0 radical (unpaired) electrons. The van der Waals surface area contributed by atoms with Crippen molar-refractivity contribution in [3.8, 4) is 10.6 Å². The van der Waals surface area contributed by atoms with Gasteiger partial charge in [-0.25, -0.2) is 13.4 Å². The largest absolute Gasteiger partial charge is 0.386 e. The first-order valence-electron chi connectivity index (χ1n) is 7.41. The van der Waals surface area contributed by atoms with Gasteiger partial charge in [0.2, 0.25) is 0 Å². The maximum Gasteiger partial charge on any atom is 0.263 e. The van der Waals surface area contributed by atoms with Crippen LogP contribution in [0.25, 0.3) is 10.6 Å². The number of nitrogens with two attached hydrogens (primary N) is 1. The van der Waals surface area contributed by atoms with Crippen LogP contribution in [0.4, 0.5) is 11.4 Å². The van der Waals surface area contributed by atoms with Crippen LogP contribution in [0.15, 0.2) is 47.6 Å². The van der Waals surface area contributed by atoms with Crippen molar-refractivity contribution >= 4 is 50.6 Å². The Morgan fingerprint density at radius 1 is 1.19 bits per heavy atom. The van der Waals surface area contributed by atoms with E-state index >= 15 is 0 Å². The first kappa shape index (κ1) is 18.3. The molecule has 0 fully saturated rings. The number of hydrogen-bond donors (Lipinski definition) is 3. The predicted molar refractivity (Wildman–Crippen MR) is 104 cm³/mol. The molecule has 10 heteroatoms. The first-order valence-corrected chi connectivity index (χ1v) is 10.1. The third-order valence-electron chi connectivity index (χ3n) is 3.55. The number of thiazole rings is 1. The number of nitrogens with one attached hydrogen (secondary N) is 2. The predicted octanol–water partition coefficient (Wildman–Crippen LogP) is 1.88. The molecule has 0 saturated heterocycles. The van der Waals surface area contributed by atoms with Crippen molar-refractivity contribution in [1.82, 2.24) is 9.97 Å². The maximum absolute atomic E-state index is 12.7. The third-order valence-corrected chi connectivity index (χ3v) is 6.04. The molecule has 7 nitrogen and oxygen atoms in total. The van der Waals surface area contributed by atoms with Crippen molar-refractivity contribution in [2.24, 2.45) is 0 Å². The summed E-state index contributed by atoms with van der Waals surface area (Å²) in [7, 11) is -2.12. The first-order chi connectivity index (χ1) is 12.4.